The summed E-state index contributed by atoms with van der Waals surface area (Å²) in [6.45, 7) is 3.59. The van der Waals surface area contributed by atoms with Gasteiger partial charge in [-0.2, -0.15) is 0 Å². The topological polar surface area (TPSA) is 79.5 Å². The SMILES string of the molecule is Cc1cc(C)c(C(=O)NC2(CC(=O)O)CCCC2)o1. The summed E-state index contributed by atoms with van der Waals surface area (Å²) in [6, 6.07) is 1.80. The quantitative estimate of drug-likeness (QED) is 0.876. The van der Waals surface area contributed by atoms with Gasteiger partial charge >= 0.3 is 5.97 Å². The predicted molar refractivity (Wildman–Crippen MR) is 69.1 cm³/mol. The van der Waals surface area contributed by atoms with Crippen LogP contribution in [0.1, 0.15) is 54.0 Å². The summed E-state index contributed by atoms with van der Waals surface area (Å²) < 4.78 is 5.38. The highest BCUT2D eigenvalue weighted by molar-refractivity contribution is 5.93. The molecule has 1 aromatic heterocycles. The molecule has 1 fully saturated rings. The van der Waals surface area contributed by atoms with Crippen LogP contribution in [0.5, 0.6) is 0 Å². The third-order valence-corrected chi connectivity index (χ3v) is 3.68. The molecule has 0 atom stereocenters. The van der Waals surface area contributed by atoms with Gasteiger partial charge in [-0.25, -0.2) is 0 Å². The van der Waals surface area contributed by atoms with E-state index in [1.807, 2.05) is 6.92 Å². The van der Waals surface area contributed by atoms with Gasteiger partial charge in [0.15, 0.2) is 5.76 Å². The van der Waals surface area contributed by atoms with Gasteiger partial charge in [0.1, 0.15) is 5.76 Å². The lowest BCUT2D eigenvalue weighted by atomic mass is 9.93. The summed E-state index contributed by atoms with van der Waals surface area (Å²) in [5.74, 6) is -0.223. The molecule has 1 aliphatic carbocycles. The summed E-state index contributed by atoms with van der Waals surface area (Å²) in [5, 5.41) is 11.9. The van der Waals surface area contributed by atoms with E-state index in [9.17, 15) is 9.59 Å². The molecule has 1 aromatic rings. The second kappa shape index (κ2) is 5.07. The minimum atomic E-state index is -0.880. The summed E-state index contributed by atoms with van der Waals surface area (Å²) in [4.78, 5) is 23.2. The maximum atomic E-state index is 12.2. The molecule has 5 nitrogen and oxygen atoms in total. The number of carbonyl (C=O) groups is 2. The molecule has 0 bridgehead atoms. The van der Waals surface area contributed by atoms with Crippen LogP contribution < -0.4 is 5.32 Å². The van der Waals surface area contributed by atoms with Crippen LogP contribution in [0.3, 0.4) is 0 Å². The summed E-state index contributed by atoms with van der Waals surface area (Å²) in [5.41, 5.74) is 0.161. The van der Waals surface area contributed by atoms with Crippen LogP contribution in [0.25, 0.3) is 0 Å². The number of nitrogens with one attached hydrogen (secondary N) is 1. The van der Waals surface area contributed by atoms with Gasteiger partial charge in [0, 0.05) is 5.56 Å². The van der Waals surface area contributed by atoms with E-state index in [0.717, 1.165) is 18.4 Å². The lowest BCUT2D eigenvalue weighted by molar-refractivity contribution is -0.138. The Bertz CT molecular complexity index is 498. The van der Waals surface area contributed by atoms with Crippen molar-refractivity contribution >= 4 is 11.9 Å². The molecular formula is C14H19NO4. The number of carbonyl (C=O) groups excluding carboxylic acids is 1. The van der Waals surface area contributed by atoms with E-state index in [1.165, 1.54) is 0 Å². The van der Waals surface area contributed by atoms with E-state index >= 15 is 0 Å². The molecule has 0 aliphatic heterocycles. The molecular weight excluding hydrogens is 246 g/mol. The molecule has 0 radical (unpaired) electrons. The molecule has 0 spiro atoms. The van der Waals surface area contributed by atoms with Gasteiger partial charge in [0.05, 0.1) is 12.0 Å². The van der Waals surface area contributed by atoms with Gasteiger partial charge in [0.25, 0.3) is 5.91 Å². The summed E-state index contributed by atoms with van der Waals surface area (Å²) >= 11 is 0. The molecule has 2 N–H and O–H groups in total. The molecule has 0 saturated heterocycles. The van der Waals surface area contributed by atoms with Crippen molar-refractivity contribution in [1.82, 2.24) is 5.32 Å². The van der Waals surface area contributed by atoms with Crippen molar-refractivity contribution in [2.45, 2.75) is 51.5 Å². The van der Waals surface area contributed by atoms with E-state index < -0.39 is 11.5 Å². The smallest absolute Gasteiger partial charge is 0.305 e. The van der Waals surface area contributed by atoms with Gasteiger partial charge in [-0.15, -0.1) is 0 Å². The van der Waals surface area contributed by atoms with Crippen LogP contribution in [-0.4, -0.2) is 22.5 Å². The molecule has 0 aromatic carbocycles. The maximum absolute atomic E-state index is 12.2. The van der Waals surface area contributed by atoms with E-state index in [0.29, 0.717) is 18.6 Å². The van der Waals surface area contributed by atoms with E-state index in [-0.39, 0.29) is 18.1 Å². The molecule has 1 amide bonds. The highest BCUT2D eigenvalue weighted by Crippen LogP contribution is 2.33. The average Bonchev–Trinajstić information content (AvgIpc) is 2.85. The Labute approximate surface area is 112 Å². The van der Waals surface area contributed by atoms with Gasteiger partial charge in [-0.1, -0.05) is 12.8 Å². The second-order valence-electron chi connectivity index (χ2n) is 5.38. The van der Waals surface area contributed by atoms with Gasteiger partial charge < -0.3 is 14.8 Å². The Balaban J connectivity index is 2.15. The fourth-order valence-electron chi connectivity index (χ4n) is 2.85. The Morgan fingerprint density at radius 1 is 1.37 bits per heavy atom. The first-order chi connectivity index (χ1) is 8.92. The van der Waals surface area contributed by atoms with Crippen molar-refractivity contribution < 1.29 is 19.1 Å². The third kappa shape index (κ3) is 2.97. The van der Waals surface area contributed by atoms with Crippen molar-refractivity contribution in [1.29, 1.82) is 0 Å². The highest BCUT2D eigenvalue weighted by Gasteiger charge is 2.38. The first-order valence-corrected chi connectivity index (χ1v) is 6.53. The zero-order valence-electron chi connectivity index (χ0n) is 11.3. The number of carboxylic acid groups (broad SMARTS) is 1. The molecule has 2 rings (SSSR count). The number of hydrogen-bond acceptors (Lipinski definition) is 3. The molecule has 5 heteroatoms. The highest BCUT2D eigenvalue weighted by atomic mass is 16.4. The molecule has 0 unspecified atom stereocenters. The largest absolute Gasteiger partial charge is 0.481 e. The predicted octanol–water partition coefficient (Wildman–Crippen LogP) is 2.41. The Kier molecular flexibility index (Phi) is 3.64. The average molecular weight is 265 g/mol. The molecule has 1 heterocycles. The van der Waals surface area contributed by atoms with Gasteiger partial charge in [0.2, 0.25) is 0 Å². The zero-order chi connectivity index (χ0) is 14.0. The van der Waals surface area contributed by atoms with Crippen LogP contribution in [0, 0.1) is 13.8 Å². The summed E-state index contributed by atoms with van der Waals surface area (Å²) in [7, 11) is 0. The number of amides is 1. The standard InChI is InChI=1S/C14H19NO4/c1-9-7-10(2)19-12(9)13(18)15-14(8-11(16)17)5-3-4-6-14/h7H,3-6,8H2,1-2H3,(H,15,18)(H,16,17). The van der Waals surface area contributed by atoms with Crippen LogP contribution in [0.4, 0.5) is 0 Å². The van der Waals surface area contributed by atoms with Gasteiger partial charge in [-0.3, -0.25) is 9.59 Å². The number of carboxylic acids is 1. The van der Waals surface area contributed by atoms with Crippen molar-refractivity contribution in [2.75, 3.05) is 0 Å². The van der Waals surface area contributed by atoms with Crippen LogP contribution in [0.2, 0.25) is 0 Å². The summed E-state index contributed by atoms with van der Waals surface area (Å²) in [6.07, 6.45) is 3.29. The number of furan rings is 1. The molecule has 1 aliphatic rings. The van der Waals surface area contributed by atoms with E-state index in [2.05, 4.69) is 5.32 Å². The zero-order valence-corrected chi connectivity index (χ0v) is 11.3. The fraction of sp³-hybridized carbons (Fsp3) is 0.571. The minimum absolute atomic E-state index is 0.0303. The maximum Gasteiger partial charge on any atom is 0.305 e. The van der Waals surface area contributed by atoms with Crippen LogP contribution >= 0.6 is 0 Å². The molecule has 104 valence electrons. The third-order valence-electron chi connectivity index (χ3n) is 3.68. The second-order valence-corrected chi connectivity index (χ2v) is 5.38. The van der Waals surface area contributed by atoms with Crippen LogP contribution in [0.15, 0.2) is 10.5 Å². The van der Waals surface area contributed by atoms with E-state index in [1.54, 1.807) is 13.0 Å². The van der Waals surface area contributed by atoms with Crippen molar-refractivity contribution in [3.63, 3.8) is 0 Å². The Morgan fingerprint density at radius 2 is 2.00 bits per heavy atom. The monoisotopic (exact) mass is 265 g/mol. The lowest BCUT2D eigenvalue weighted by Crippen LogP contribution is -2.47. The lowest BCUT2D eigenvalue weighted by Gasteiger charge is -2.28. The molecule has 1 saturated carbocycles. The molecule has 19 heavy (non-hydrogen) atoms. The normalized spacial score (nSPS) is 17.4. The minimum Gasteiger partial charge on any atom is -0.481 e. The fourth-order valence-corrected chi connectivity index (χ4v) is 2.85. The van der Waals surface area contributed by atoms with Crippen molar-refractivity contribution in [2.24, 2.45) is 0 Å². The van der Waals surface area contributed by atoms with E-state index in [4.69, 9.17) is 9.52 Å². The van der Waals surface area contributed by atoms with Crippen LogP contribution in [-0.2, 0) is 4.79 Å². The number of aryl methyl sites for hydroxylation is 2. The van der Waals surface area contributed by atoms with Crippen molar-refractivity contribution in [3.8, 4) is 0 Å². The Hall–Kier alpha value is -1.78. The number of aliphatic carboxylic acids is 1. The number of hydrogen-bond donors (Lipinski definition) is 2. The van der Waals surface area contributed by atoms with Gasteiger partial charge in [-0.05, 0) is 32.8 Å². The first-order valence-electron chi connectivity index (χ1n) is 6.53. The number of rotatable bonds is 4. The van der Waals surface area contributed by atoms with Crippen molar-refractivity contribution in [3.05, 3.63) is 23.2 Å². The first kappa shape index (κ1) is 13.6. The Morgan fingerprint density at radius 3 is 2.47 bits per heavy atom.